The van der Waals surface area contributed by atoms with Crippen molar-refractivity contribution in [2.75, 3.05) is 51.3 Å². The maximum absolute atomic E-state index is 16.7. The third-order valence-electron chi connectivity index (χ3n) is 9.95. The zero-order chi connectivity index (χ0) is 35.8. The van der Waals surface area contributed by atoms with Gasteiger partial charge in [-0.05, 0) is 41.8 Å². The van der Waals surface area contributed by atoms with Gasteiger partial charge < -0.3 is 29.4 Å². The molecule has 2 aromatic carbocycles. The summed E-state index contributed by atoms with van der Waals surface area (Å²) in [5.41, 5.74) is 3.68. The van der Waals surface area contributed by atoms with Crippen LogP contribution in [-0.4, -0.2) is 97.9 Å². The standard InChI is InChI=1S/C38H36FN9O4/c1-52-33-7-3-2-6-26(33)28-19-27(24-5-4-12-47(23-24)34(49)9-13-48-14-11-42-44-48)35(39)36-29(28)20-31(43-36)38(51)46-17-15-45(16-18-46)32-22-41-37(50)30-21-40-10-8-25(30)32/h2-3,5-8,10-11,14,19-22,43H,4,9,12-13,15-18,23H2,1H3,(H,41,50). The van der Waals surface area contributed by atoms with Gasteiger partial charge in [-0.2, -0.15) is 0 Å². The van der Waals surface area contributed by atoms with Crippen molar-refractivity contribution in [1.29, 1.82) is 0 Å². The summed E-state index contributed by atoms with van der Waals surface area (Å²) in [5.74, 6) is -0.162. The molecule has 0 saturated carbocycles. The number of methoxy groups -OCH3 is 1. The van der Waals surface area contributed by atoms with Crippen molar-refractivity contribution >= 4 is 44.8 Å². The Morgan fingerprint density at radius 3 is 2.60 bits per heavy atom. The van der Waals surface area contributed by atoms with E-state index in [0.717, 1.165) is 16.6 Å². The number of aryl methyl sites for hydroxylation is 1. The van der Waals surface area contributed by atoms with Gasteiger partial charge in [0.2, 0.25) is 5.91 Å². The van der Waals surface area contributed by atoms with Crippen LogP contribution in [-0.2, 0) is 11.3 Å². The Morgan fingerprint density at radius 2 is 1.79 bits per heavy atom. The molecule has 2 N–H and O–H groups in total. The first-order valence-electron chi connectivity index (χ1n) is 17.2. The third-order valence-corrected chi connectivity index (χ3v) is 9.95. The lowest BCUT2D eigenvalue weighted by Gasteiger charge is -2.36. The van der Waals surface area contributed by atoms with Crippen LogP contribution in [0.1, 0.15) is 28.9 Å². The van der Waals surface area contributed by atoms with Gasteiger partial charge in [0.05, 0.1) is 36.4 Å². The summed E-state index contributed by atoms with van der Waals surface area (Å²) in [6.45, 7) is 3.14. The Kier molecular flexibility index (Phi) is 8.71. The number of hydrogen-bond acceptors (Lipinski definition) is 8. The van der Waals surface area contributed by atoms with Crippen molar-refractivity contribution < 1.29 is 18.7 Å². The van der Waals surface area contributed by atoms with Gasteiger partial charge in [0, 0.05) is 92.4 Å². The number of rotatable bonds is 8. The van der Waals surface area contributed by atoms with Gasteiger partial charge in [0.15, 0.2) is 5.82 Å². The van der Waals surface area contributed by atoms with E-state index in [-0.39, 0.29) is 41.5 Å². The maximum Gasteiger partial charge on any atom is 0.270 e. The fourth-order valence-electron chi connectivity index (χ4n) is 7.24. The number of carbonyl (C=O) groups excluding carboxylic acids is 2. The minimum absolute atomic E-state index is 0.0499. The Bertz CT molecular complexity index is 2390. The number of ether oxygens (including phenoxy) is 1. The molecular formula is C38H36FN9O4. The van der Waals surface area contributed by atoms with Gasteiger partial charge in [-0.25, -0.2) is 4.39 Å². The normalized spacial score (nSPS) is 15.0. The second-order valence-electron chi connectivity index (χ2n) is 12.9. The topological polar surface area (TPSA) is 145 Å². The van der Waals surface area contributed by atoms with Crippen molar-refractivity contribution in [3.05, 3.63) is 107 Å². The van der Waals surface area contributed by atoms with E-state index >= 15 is 4.39 Å². The van der Waals surface area contributed by atoms with Gasteiger partial charge in [0.1, 0.15) is 11.4 Å². The second-order valence-corrected chi connectivity index (χ2v) is 12.9. The Hall–Kier alpha value is -6.31. The monoisotopic (exact) mass is 701 g/mol. The number of aromatic amines is 2. The van der Waals surface area contributed by atoms with Crippen molar-refractivity contribution in [3.8, 4) is 16.9 Å². The number of halogens is 1. The number of benzene rings is 2. The number of amides is 2. The highest BCUT2D eigenvalue weighted by Gasteiger charge is 2.28. The molecule has 2 aliphatic rings. The molecule has 14 heteroatoms. The number of hydrogen-bond donors (Lipinski definition) is 2. The van der Waals surface area contributed by atoms with Crippen molar-refractivity contribution in [2.45, 2.75) is 19.4 Å². The van der Waals surface area contributed by atoms with Gasteiger partial charge in [-0.3, -0.25) is 24.0 Å². The van der Waals surface area contributed by atoms with Crippen LogP contribution >= 0.6 is 0 Å². The molecule has 0 unspecified atom stereocenters. The SMILES string of the molecule is COc1ccccc1-c1cc(C2=CCCN(C(=O)CCn3ccnn3)C2)c(F)c2[nH]c(C(=O)N3CCN(c4c[nH]c(=O)c5cnccc45)CC3)cc12. The number of aromatic nitrogens is 6. The van der Waals surface area contributed by atoms with Crippen molar-refractivity contribution in [3.63, 3.8) is 0 Å². The molecule has 52 heavy (non-hydrogen) atoms. The van der Waals surface area contributed by atoms with Gasteiger partial charge in [-0.15, -0.1) is 5.10 Å². The second kappa shape index (κ2) is 13.8. The summed E-state index contributed by atoms with van der Waals surface area (Å²) in [4.78, 5) is 55.2. The third kappa shape index (κ3) is 6.05. The van der Waals surface area contributed by atoms with Crippen LogP contribution in [0.15, 0.2) is 84.3 Å². The lowest BCUT2D eigenvalue weighted by Crippen LogP contribution is -2.49. The predicted molar refractivity (Wildman–Crippen MR) is 195 cm³/mol. The number of nitrogens with one attached hydrogen (secondary N) is 2. The van der Waals surface area contributed by atoms with Crippen LogP contribution in [0, 0.1) is 5.82 Å². The summed E-state index contributed by atoms with van der Waals surface area (Å²) in [6.07, 6.45) is 11.0. The fourth-order valence-corrected chi connectivity index (χ4v) is 7.24. The first-order valence-corrected chi connectivity index (χ1v) is 17.2. The van der Waals surface area contributed by atoms with Crippen LogP contribution < -0.4 is 15.2 Å². The smallest absolute Gasteiger partial charge is 0.270 e. The van der Waals surface area contributed by atoms with E-state index < -0.39 is 5.82 Å². The summed E-state index contributed by atoms with van der Waals surface area (Å²) in [7, 11) is 1.59. The molecule has 0 bridgehead atoms. The van der Waals surface area contributed by atoms with E-state index in [2.05, 4.69) is 30.2 Å². The average molecular weight is 702 g/mol. The first kappa shape index (κ1) is 32.9. The highest BCUT2D eigenvalue weighted by molar-refractivity contribution is 6.05. The van der Waals surface area contributed by atoms with Gasteiger partial charge in [0.25, 0.3) is 11.5 Å². The molecule has 1 fully saturated rings. The molecule has 2 aliphatic heterocycles. The lowest BCUT2D eigenvalue weighted by atomic mass is 9.93. The van der Waals surface area contributed by atoms with Crippen LogP contribution in [0.4, 0.5) is 10.1 Å². The highest BCUT2D eigenvalue weighted by Crippen LogP contribution is 2.40. The van der Waals surface area contributed by atoms with Gasteiger partial charge in [-0.1, -0.05) is 29.5 Å². The highest BCUT2D eigenvalue weighted by atomic mass is 19.1. The van der Waals surface area contributed by atoms with Crippen molar-refractivity contribution in [2.24, 2.45) is 0 Å². The Labute approximate surface area is 297 Å². The molecule has 0 atom stereocenters. The van der Waals surface area contributed by atoms with E-state index in [1.165, 1.54) is 0 Å². The largest absolute Gasteiger partial charge is 0.496 e. The fraction of sp³-hybridized carbons (Fsp3) is 0.263. The molecule has 0 radical (unpaired) electrons. The molecule has 8 rings (SSSR count). The van der Waals surface area contributed by atoms with Gasteiger partial charge >= 0.3 is 0 Å². The zero-order valence-electron chi connectivity index (χ0n) is 28.5. The number of pyridine rings is 2. The van der Waals surface area contributed by atoms with E-state index in [9.17, 15) is 14.4 Å². The molecule has 1 saturated heterocycles. The molecule has 0 spiro atoms. The van der Waals surface area contributed by atoms with E-state index in [4.69, 9.17) is 4.74 Å². The number of fused-ring (bicyclic) bond motifs is 2. The first-order chi connectivity index (χ1) is 25.4. The molecule has 6 aromatic rings. The van der Waals surface area contributed by atoms with Crippen LogP contribution in [0.2, 0.25) is 0 Å². The summed E-state index contributed by atoms with van der Waals surface area (Å²) in [6, 6.07) is 12.9. The predicted octanol–water partition coefficient (Wildman–Crippen LogP) is 4.48. The summed E-state index contributed by atoms with van der Waals surface area (Å²) >= 11 is 0. The maximum atomic E-state index is 16.7. The molecule has 4 aromatic heterocycles. The summed E-state index contributed by atoms with van der Waals surface area (Å²) < 4.78 is 24.0. The number of carbonyl (C=O) groups is 2. The van der Waals surface area contributed by atoms with E-state index in [1.54, 1.807) is 64.7 Å². The molecule has 0 aliphatic carbocycles. The minimum atomic E-state index is -0.486. The quantitative estimate of drug-likeness (QED) is 0.237. The lowest BCUT2D eigenvalue weighted by molar-refractivity contribution is -0.131. The number of nitrogens with zero attached hydrogens (tertiary/aromatic N) is 7. The molecule has 2 amide bonds. The van der Waals surface area contributed by atoms with Crippen LogP contribution in [0.3, 0.4) is 0 Å². The van der Waals surface area contributed by atoms with E-state index in [1.807, 2.05) is 36.4 Å². The summed E-state index contributed by atoms with van der Waals surface area (Å²) in [5, 5.41) is 9.60. The molecule has 6 heterocycles. The Balaban J connectivity index is 1.09. The van der Waals surface area contributed by atoms with E-state index in [0.29, 0.717) is 78.9 Å². The molecule has 13 nitrogen and oxygen atoms in total. The zero-order valence-corrected chi connectivity index (χ0v) is 28.5. The molecular weight excluding hydrogens is 665 g/mol. The number of H-pyrrole nitrogens is 2. The minimum Gasteiger partial charge on any atom is -0.496 e. The van der Waals surface area contributed by atoms with Crippen molar-refractivity contribution in [1.82, 2.24) is 39.7 Å². The number of para-hydroxylation sites is 1. The molecule has 264 valence electrons. The number of anilines is 1. The Morgan fingerprint density at radius 1 is 0.942 bits per heavy atom. The number of piperazine rings is 1. The van der Waals surface area contributed by atoms with Crippen LogP contribution in [0.5, 0.6) is 5.75 Å². The average Bonchev–Trinajstić information content (AvgIpc) is 3.89. The van der Waals surface area contributed by atoms with Crippen LogP contribution in [0.25, 0.3) is 38.4 Å².